The Labute approximate surface area is 125 Å². The van der Waals surface area contributed by atoms with Crippen molar-refractivity contribution in [2.75, 3.05) is 19.9 Å². The molecule has 0 aliphatic carbocycles. The van der Waals surface area contributed by atoms with Crippen molar-refractivity contribution in [2.24, 2.45) is 0 Å². The number of nitrogens with one attached hydrogen (secondary N) is 1. The van der Waals surface area contributed by atoms with Crippen molar-refractivity contribution in [2.45, 2.75) is 37.0 Å². The summed E-state index contributed by atoms with van der Waals surface area (Å²) in [6.07, 6.45) is 2.61. The molecule has 0 aromatic heterocycles. The van der Waals surface area contributed by atoms with E-state index in [1.807, 2.05) is 0 Å². The summed E-state index contributed by atoms with van der Waals surface area (Å²) in [4.78, 5) is 0. The lowest BCUT2D eigenvalue weighted by Crippen LogP contribution is -2.46. The molecule has 21 heavy (non-hydrogen) atoms. The maximum Gasteiger partial charge on any atom is 0.168 e. The highest BCUT2D eigenvalue weighted by Gasteiger charge is 2.35. The first-order valence-electron chi connectivity index (χ1n) is 7.20. The quantitative estimate of drug-likeness (QED) is 0.902. The molecule has 1 aliphatic heterocycles. The molecule has 1 N–H and O–H groups in total. The SMILES string of the molecule is CNC(Cc1cccc(OC)c1F)C1CCCCS1(=O)=O. The van der Waals surface area contributed by atoms with E-state index >= 15 is 0 Å². The predicted octanol–water partition coefficient (Wildman–Crippen LogP) is 1.93. The van der Waals surface area contributed by atoms with Crippen molar-refractivity contribution in [3.63, 3.8) is 0 Å². The standard InChI is InChI=1S/C15H22FNO3S/c1-17-12(14-8-3-4-9-21(14,18)19)10-11-6-5-7-13(20-2)15(11)16/h5-7,12,14,17H,3-4,8-10H2,1-2H3. The Morgan fingerprint density at radius 3 is 2.81 bits per heavy atom. The average Bonchev–Trinajstić information content (AvgIpc) is 2.46. The van der Waals surface area contributed by atoms with Crippen LogP contribution in [0.5, 0.6) is 5.75 Å². The van der Waals surface area contributed by atoms with Gasteiger partial charge in [0.1, 0.15) is 0 Å². The average molecular weight is 315 g/mol. The molecule has 2 rings (SSSR count). The predicted molar refractivity (Wildman–Crippen MR) is 80.9 cm³/mol. The number of rotatable bonds is 5. The maximum atomic E-state index is 14.2. The van der Waals surface area contributed by atoms with Gasteiger partial charge in [-0.2, -0.15) is 0 Å². The number of hydrogen-bond acceptors (Lipinski definition) is 4. The van der Waals surface area contributed by atoms with Gasteiger partial charge in [-0.15, -0.1) is 0 Å². The highest BCUT2D eigenvalue weighted by Crippen LogP contribution is 2.26. The summed E-state index contributed by atoms with van der Waals surface area (Å²) in [5.74, 6) is 0.0125. The van der Waals surface area contributed by atoms with Crippen LogP contribution in [0.15, 0.2) is 18.2 Å². The molecular weight excluding hydrogens is 293 g/mol. The van der Waals surface area contributed by atoms with Gasteiger partial charge in [0, 0.05) is 6.04 Å². The molecular formula is C15H22FNO3S. The summed E-state index contributed by atoms with van der Waals surface area (Å²) in [6.45, 7) is 0. The molecule has 1 aromatic carbocycles. The van der Waals surface area contributed by atoms with Crippen molar-refractivity contribution in [1.29, 1.82) is 0 Å². The van der Waals surface area contributed by atoms with Crippen LogP contribution in [-0.2, 0) is 16.3 Å². The van der Waals surface area contributed by atoms with Crippen LogP contribution in [0.4, 0.5) is 4.39 Å². The molecule has 2 atom stereocenters. The normalized spacial score (nSPS) is 22.7. The van der Waals surface area contributed by atoms with E-state index in [-0.39, 0.29) is 17.5 Å². The van der Waals surface area contributed by atoms with Crippen LogP contribution in [0.1, 0.15) is 24.8 Å². The third kappa shape index (κ3) is 3.55. The monoisotopic (exact) mass is 315 g/mol. The molecule has 118 valence electrons. The highest BCUT2D eigenvalue weighted by atomic mass is 32.2. The molecule has 0 bridgehead atoms. The number of likely N-dealkylation sites (N-methyl/N-ethyl adjacent to an activating group) is 1. The van der Waals surface area contributed by atoms with Crippen molar-refractivity contribution >= 4 is 9.84 Å². The van der Waals surface area contributed by atoms with Crippen LogP contribution < -0.4 is 10.1 Å². The molecule has 0 radical (unpaired) electrons. The molecule has 0 saturated carbocycles. The van der Waals surface area contributed by atoms with E-state index in [2.05, 4.69) is 5.32 Å². The lowest BCUT2D eigenvalue weighted by Gasteiger charge is -2.30. The number of ether oxygens (including phenoxy) is 1. The van der Waals surface area contributed by atoms with Crippen LogP contribution >= 0.6 is 0 Å². The minimum absolute atomic E-state index is 0.189. The zero-order valence-corrected chi connectivity index (χ0v) is 13.2. The Morgan fingerprint density at radius 1 is 1.43 bits per heavy atom. The summed E-state index contributed by atoms with van der Waals surface area (Å²) < 4.78 is 43.6. The summed E-state index contributed by atoms with van der Waals surface area (Å²) in [6, 6.07) is 4.68. The van der Waals surface area contributed by atoms with Gasteiger partial charge in [0.2, 0.25) is 0 Å². The van der Waals surface area contributed by atoms with Crippen molar-refractivity contribution in [1.82, 2.24) is 5.32 Å². The fourth-order valence-electron chi connectivity index (χ4n) is 2.96. The highest BCUT2D eigenvalue weighted by molar-refractivity contribution is 7.92. The summed E-state index contributed by atoms with van der Waals surface area (Å²) >= 11 is 0. The van der Waals surface area contributed by atoms with Crippen LogP contribution in [0.25, 0.3) is 0 Å². The van der Waals surface area contributed by atoms with Gasteiger partial charge in [0.25, 0.3) is 0 Å². The van der Waals surface area contributed by atoms with Gasteiger partial charge in [-0.3, -0.25) is 0 Å². The van der Waals surface area contributed by atoms with Gasteiger partial charge in [0.05, 0.1) is 18.1 Å². The molecule has 0 amide bonds. The molecule has 1 fully saturated rings. The van der Waals surface area contributed by atoms with E-state index in [0.29, 0.717) is 18.4 Å². The number of hydrogen-bond donors (Lipinski definition) is 1. The molecule has 2 unspecified atom stereocenters. The summed E-state index contributed by atoms with van der Waals surface area (Å²) in [5.41, 5.74) is 0.481. The summed E-state index contributed by atoms with van der Waals surface area (Å²) in [5, 5.41) is 2.61. The molecule has 4 nitrogen and oxygen atoms in total. The van der Waals surface area contributed by atoms with E-state index < -0.39 is 20.9 Å². The zero-order valence-electron chi connectivity index (χ0n) is 12.4. The van der Waals surface area contributed by atoms with Crippen molar-refractivity contribution in [3.8, 4) is 5.75 Å². The fraction of sp³-hybridized carbons (Fsp3) is 0.600. The zero-order chi connectivity index (χ0) is 15.5. The third-order valence-corrected chi connectivity index (χ3v) is 6.50. The Balaban J connectivity index is 2.23. The largest absolute Gasteiger partial charge is 0.494 e. The van der Waals surface area contributed by atoms with E-state index in [1.165, 1.54) is 7.11 Å². The fourth-order valence-corrected chi connectivity index (χ4v) is 5.13. The van der Waals surface area contributed by atoms with Crippen LogP contribution in [0, 0.1) is 5.82 Å². The molecule has 1 aliphatic rings. The lowest BCUT2D eigenvalue weighted by molar-refractivity contribution is 0.381. The second kappa shape index (κ2) is 6.75. The second-order valence-electron chi connectivity index (χ2n) is 5.43. The first kappa shape index (κ1) is 16.2. The maximum absolute atomic E-state index is 14.2. The minimum atomic E-state index is -3.10. The Bertz CT molecular complexity index is 589. The number of sulfone groups is 1. The van der Waals surface area contributed by atoms with Gasteiger partial charge in [-0.25, -0.2) is 12.8 Å². The van der Waals surface area contributed by atoms with Crippen LogP contribution in [-0.4, -0.2) is 39.6 Å². The van der Waals surface area contributed by atoms with E-state index in [4.69, 9.17) is 4.74 Å². The molecule has 1 heterocycles. The summed E-state index contributed by atoms with van der Waals surface area (Å²) in [7, 11) is 0.0493. The third-order valence-electron chi connectivity index (χ3n) is 4.15. The van der Waals surface area contributed by atoms with Crippen LogP contribution in [0.2, 0.25) is 0 Å². The Kier molecular flexibility index (Phi) is 5.22. The molecule has 6 heteroatoms. The van der Waals surface area contributed by atoms with Crippen LogP contribution in [0.3, 0.4) is 0 Å². The number of benzene rings is 1. The van der Waals surface area contributed by atoms with Crippen molar-refractivity contribution in [3.05, 3.63) is 29.6 Å². The second-order valence-corrected chi connectivity index (χ2v) is 7.77. The topological polar surface area (TPSA) is 55.4 Å². The minimum Gasteiger partial charge on any atom is -0.494 e. The number of methoxy groups -OCH3 is 1. The van der Waals surface area contributed by atoms with Gasteiger partial charge >= 0.3 is 0 Å². The van der Waals surface area contributed by atoms with E-state index in [0.717, 1.165) is 12.8 Å². The van der Waals surface area contributed by atoms with E-state index in [1.54, 1.807) is 25.2 Å². The Hall–Kier alpha value is -1.14. The van der Waals surface area contributed by atoms with Crippen molar-refractivity contribution < 1.29 is 17.5 Å². The molecule has 1 saturated heterocycles. The van der Waals surface area contributed by atoms with Gasteiger partial charge in [-0.1, -0.05) is 18.6 Å². The van der Waals surface area contributed by atoms with Gasteiger partial charge in [0.15, 0.2) is 21.4 Å². The van der Waals surface area contributed by atoms with E-state index in [9.17, 15) is 12.8 Å². The van der Waals surface area contributed by atoms with Gasteiger partial charge < -0.3 is 10.1 Å². The number of halogens is 1. The molecule has 1 aromatic rings. The lowest BCUT2D eigenvalue weighted by atomic mass is 9.99. The smallest absolute Gasteiger partial charge is 0.168 e. The Morgan fingerprint density at radius 2 is 2.19 bits per heavy atom. The molecule has 0 spiro atoms. The first-order valence-corrected chi connectivity index (χ1v) is 8.91. The first-order chi connectivity index (χ1) is 9.99. The van der Waals surface area contributed by atoms with Gasteiger partial charge in [-0.05, 0) is 37.9 Å².